The van der Waals surface area contributed by atoms with Crippen LogP contribution in [0.2, 0.25) is 0 Å². The van der Waals surface area contributed by atoms with Crippen LogP contribution in [0.1, 0.15) is 39.8 Å². The minimum atomic E-state index is -4.46. The third kappa shape index (κ3) is 3.39. The summed E-state index contributed by atoms with van der Waals surface area (Å²) in [5, 5.41) is 14.1. The zero-order valence-corrected chi connectivity index (χ0v) is 13.8. The normalized spacial score (nSPS) is 21.0. The minimum Gasteiger partial charge on any atom is -0.391 e. The lowest BCUT2D eigenvalue weighted by atomic mass is 10.0. The number of rotatable bonds is 2. The Balaban J connectivity index is 1.95. The Bertz CT molecular complexity index is 801. The maximum Gasteiger partial charge on any atom is 0.416 e. The molecule has 0 bridgehead atoms. The monoisotopic (exact) mass is 353 g/mol. The van der Waals surface area contributed by atoms with Crippen molar-refractivity contribution < 1.29 is 23.1 Å². The van der Waals surface area contributed by atoms with Gasteiger partial charge in [-0.1, -0.05) is 12.1 Å². The molecule has 1 aliphatic rings. The van der Waals surface area contributed by atoms with Gasteiger partial charge in [-0.2, -0.15) is 18.3 Å². The van der Waals surface area contributed by atoms with Crippen molar-refractivity contribution in [2.24, 2.45) is 7.05 Å². The number of aryl methyl sites for hydroxylation is 2. The Kier molecular flexibility index (Phi) is 4.32. The Morgan fingerprint density at radius 3 is 2.64 bits per heavy atom. The lowest BCUT2D eigenvalue weighted by Crippen LogP contribution is -2.33. The molecule has 0 aliphatic carbocycles. The fourth-order valence-electron chi connectivity index (χ4n) is 3.23. The van der Waals surface area contributed by atoms with Crippen molar-refractivity contribution in [3.05, 3.63) is 52.8 Å². The second kappa shape index (κ2) is 6.18. The molecule has 0 radical (unpaired) electrons. The zero-order valence-electron chi connectivity index (χ0n) is 13.8. The van der Waals surface area contributed by atoms with Crippen LogP contribution in [0.3, 0.4) is 0 Å². The highest BCUT2D eigenvalue weighted by Crippen LogP contribution is 2.36. The number of aliphatic hydroxyl groups excluding tert-OH is 1. The predicted octanol–water partition coefficient (Wildman–Crippen LogP) is 2.70. The Labute approximate surface area is 142 Å². The number of amides is 1. The van der Waals surface area contributed by atoms with Crippen LogP contribution >= 0.6 is 0 Å². The molecule has 1 saturated heterocycles. The van der Waals surface area contributed by atoms with Crippen molar-refractivity contribution in [3.63, 3.8) is 0 Å². The van der Waals surface area contributed by atoms with Crippen LogP contribution < -0.4 is 0 Å². The van der Waals surface area contributed by atoms with Crippen molar-refractivity contribution in [2.45, 2.75) is 31.7 Å². The van der Waals surface area contributed by atoms with Gasteiger partial charge in [-0.25, -0.2) is 0 Å². The minimum absolute atomic E-state index is 0.0734. The lowest BCUT2D eigenvalue weighted by molar-refractivity contribution is -0.137. The number of β-amino-alcohol motifs (C(OH)–C–C–N with tert-alkyl or cyclic N) is 1. The number of hydrogen-bond acceptors (Lipinski definition) is 3. The first kappa shape index (κ1) is 17.5. The van der Waals surface area contributed by atoms with Gasteiger partial charge in [-0.3, -0.25) is 9.48 Å². The van der Waals surface area contributed by atoms with E-state index in [2.05, 4.69) is 5.10 Å². The van der Waals surface area contributed by atoms with E-state index in [0.717, 1.165) is 12.1 Å². The van der Waals surface area contributed by atoms with Gasteiger partial charge in [-0.15, -0.1) is 0 Å². The third-order valence-electron chi connectivity index (χ3n) is 4.36. The van der Waals surface area contributed by atoms with E-state index in [0.29, 0.717) is 17.0 Å². The maximum absolute atomic E-state index is 13.0. The number of carbonyl (C=O) groups is 1. The van der Waals surface area contributed by atoms with Crippen molar-refractivity contribution in [2.75, 3.05) is 6.54 Å². The number of nitrogens with zero attached hydrogens (tertiary/aromatic N) is 3. The van der Waals surface area contributed by atoms with E-state index in [1.165, 1.54) is 15.6 Å². The van der Waals surface area contributed by atoms with Gasteiger partial charge in [0.15, 0.2) is 0 Å². The fourth-order valence-corrected chi connectivity index (χ4v) is 3.23. The van der Waals surface area contributed by atoms with Gasteiger partial charge in [0.1, 0.15) is 5.69 Å². The maximum atomic E-state index is 13.0. The summed E-state index contributed by atoms with van der Waals surface area (Å²) in [6, 6.07) is 5.91. The van der Waals surface area contributed by atoms with E-state index in [1.807, 2.05) is 0 Å². The van der Waals surface area contributed by atoms with Gasteiger partial charge in [-0.05, 0) is 37.1 Å². The number of benzene rings is 1. The van der Waals surface area contributed by atoms with Crippen molar-refractivity contribution >= 4 is 5.91 Å². The summed E-state index contributed by atoms with van der Waals surface area (Å²) in [6.07, 6.45) is -5.04. The summed E-state index contributed by atoms with van der Waals surface area (Å²) in [4.78, 5) is 14.2. The van der Waals surface area contributed by atoms with Crippen molar-refractivity contribution in [3.8, 4) is 0 Å². The molecule has 8 heteroatoms. The molecular formula is C17H18F3N3O2. The van der Waals surface area contributed by atoms with Crippen LogP contribution in [-0.2, 0) is 13.2 Å². The summed E-state index contributed by atoms with van der Waals surface area (Å²) in [5.74, 6) is -0.359. The quantitative estimate of drug-likeness (QED) is 0.903. The van der Waals surface area contributed by atoms with Crippen LogP contribution in [0.5, 0.6) is 0 Å². The number of likely N-dealkylation sites (tertiary alicyclic amines) is 1. The largest absolute Gasteiger partial charge is 0.416 e. The first-order chi connectivity index (χ1) is 11.7. The average molecular weight is 353 g/mol. The standard InChI is InChI=1S/C17H18F3N3O2/c1-10-6-15(22(2)21-10)16(25)23-9-13(24)8-14(23)11-4-3-5-12(7-11)17(18,19)20/h3-7,13-14,24H,8-9H2,1-2H3/t13-,14+/m1/s1. The number of halogens is 3. The highest BCUT2D eigenvalue weighted by molar-refractivity contribution is 5.93. The van der Waals surface area contributed by atoms with Gasteiger partial charge in [0, 0.05) is 13.6 Å². The van der Waals surface area contributed by atoms with Crippen molar-refractivity contribution in [1.29, 1.82) is 0 Å². The van der Waals surface area contributed by atoms with Gasteiger partial charge in [0.05, 0.1) is 23.4 Å². The van der Waals surface area contributed by atoms with Gasteiger partial charge < -0.3 is 10.0 Å². The van der Waals surface area contributed by atoms with E-state index < -0.39 is 23.9 Å². The number of aliphatic hydroxyl groups is 1. The second-order valence-corrected chi connectivity index (χ2v) is 6.28. The molecule has 25 heavy (non-hydrogen) atoms. The molecule has 3 rings (SSSR count). The van der Waals surface area contributed by atoms with Crippen molar-refractivity contribution in [1.82, 2.24) is 14.7 Å². The Morgan fingerprint density at radius 2 is 2.04 bits per heavy atom. The molecule has 1 aromatic carbocycles. The van der Waals surface area contributed by atoms with Crippen LogP contribution in [0.15, 0.2) is 30.3 Å². The van der Waals surface area contributed by atoms with Crippen LogP contribution in [0, 0.1) is 6.92 Å². The average Bonchev–Trinajstić information content (AvgIpc) is 3.08. The van der Waals surface area contributed by atoms with E-state index in [1.54, 1.807) is 26.1 Å². The smallest absolute Gasteiger partial charge is 0.391 e. The summed E-state index contributed by atoms with van der Waals surface area (Å²) in [5.41, 5.74) is 0.596. The fraction of sp³-hybridized carbons (Fsp3) is 0.412. The second-order valence-electron chi connectivity index (χ2n) is 6.28. The van der Waals surface area contributed by atoms with E-state index in [9.17, 15) is 23.1 Å². The number of carbonyl (C=O) groups excluding carboxylic acids is 1. The number of alkyl halides is 3. The number of aromatic nitrogens is 2. The summed E-state index contributed by atoms with van der Waals surface area (Å²) in [6.45, 7) is 1.82. The van der Waals surface area contributed by atoms with E-state index >= 15 is 0 Å². The molecule has 0 spiro atoms. The molecule has 2 aromatic rings. The lowest BCUT2D eigenvalue weighted by Gasteiger charge is -2.25. The molecule has 2 heterocycles. The zero-order chi connectivity index (χ0) is 18.4. The van der Waals surface area contributed by atoms with Gasteiger partial charge in [0.2, 0.25) is 0 Å². The van der Waals surface area contributed by atoms with Crippen LogP contribution in [0.25, 0.3) is 0 Å². The van der Waals surface area contributed by atoms with Crippen LogP contribution in [0.4, 0.5) is 13.2 Å². The summed E-state index contributed by atoms with van der Waals surface area (Å²) >= 11 is 0. The Morgan fingerprint density at radius 1 is 1.32 bits per heavy atom. The molecule has 1 aliphatic heterocycles. The van der Waals surface area contributed by atoms with E-state index in [4.69, 9.17) is 0 Å². The molecular weight excluding hydrogens is 335 g/mol. The summed E-state index contributed by atoms with van der Waals surface area (Å²) < 4.78 is 40.3. The molecule has 1 N–H and O–H groups in total. The summed E-state index contributed by atoms with van der Waals surface area (Å²) in [7, 11) is 1.63. The first-order valence-electron chi connectivity index (χ1n) is 7.83. The highest BCUT2D eigenvalue weighted by Gasteiger charge is 2.38. The highest BCUT2D eigenvalue weighted by atomic mass is 19.4. The molecule has 1 aromatic heterocycles. The molecule has 1 amide bonds. The number of hydrogen-bond donors (Lipinski definition) is 1. The van der Waals surface area contributed by atoms with E-state index in [-0.39, 0.29) is 18.9 Å². The predicted molar refractivity (Wildman–Crippen MR) is 83.8 cm³/mol. The van der Waals surface area contributed by atoms with Gasteiger partial charge in [0.25, 0.3) is 5.91 Å². The molecule has 1 fully saturated rings. The van der Waals surface area contributed by atoms with Gasteiger partial charge >= 0.3 is 6.18 Å². The molecule has 2 atom stereocenters. The van der Waals surface area contributed by atoms with Crippen LogP contribution in [-0.4, -0.2) is 38.3 Å². The third-order valence-corrected chi connectivity index (χ3v) is 4.36. The molecule has 5 nitrogen and oxygen atoms in total. The molecule has 0 unspecified atom stereocenters. The SMILES string of the molecule is Cc1cc(C(=O)N2C[C@H](O)C[C@H]2c2cccc(C(F)(F)F)c2)n(C)n1. The topological polar surface area (TPSA) is 58.4 Å². The molecule has 134 valence electrons. The first-order valence-corrected chi connectivity index (χ1v) is 7.83. The molecule has 0 saturated carbocycles. The Hall–Kier alpha value is -2.35.